The number of aryl methyl sites for hydroxylation is 1. The van der Waals surface area contributed by atoms with E-state index >= 15 is 0 Å². The average Bonchev–Trinajstić information content (AvgIpc) is 2.36. The molecule has 1 aromatic rings. The van der Waals surface area contributed by atoms with E-state index in [4.69, 9.17) is 9.47 Å². The van der Waals surface area contributed by atoms with Crippen LogP contribution in [0.3, 0.4) is 0 Å². The Bertz CT molecular complexity index is 424. The number of alkyl carbamates (subject to hydrolysis) is 1. The van der Waals surface area contributed by atoms with Crippen molar-refractivity contribution in [2.45, 2.75) is 13.0 Å². The van der Waals surface area contributed by atoms with E-state index in [2.05, 4.69) is 5.32 Å². The largest absolute Gasteiger partial charge is 0.489 e. The van der Waals surface area contributed by atoms with Gasteiger partial charge in [-0.15, -0.1) is 0 Å². The van der Waals surface area contributed by atoms with Crippen LogP contribution in [-0.2, 0) is 4.74 Å². The molecule has 0 unspecified atom stereocenters. The summed E-state index contributed by atoms with van der Waals surface area (Å²) in [6, 6.07) is 7.81. The van der Waals surface area contributed by atoms with E-state index in [1.54, 1.807) is 7.05 Å². The van der Waals surface area contributed by atoms with Crippen LogP contribution in [0.25, 0.3) is 0 Å². The van der Waals surface area contributed by atoms with Crippen LogP contribution in [0.5, 0.6) is 5.75 Å². The van der Waals surface area contributed by atoms with Gasteiger partial charge in [-0.05, 0) is 19.1 Å². The van der Waals surface area contributed by atoms with Gasteiger partial charge in [0.15, 0.2) is 6.10 Å². The number of hydrogen-bond acceptors (Lipinski definition) is 3. The van der Waals surface area contributed by atoms with Gasteiger partial charge in [-0.3, -0.25) is 0 Å². The number of nitrogens with zero attached hydrogens (tertiary/aromatic N) is 1. The maximum Gasteiger partial charge on any atom is 0.407 e. The molecule has 1 atom stereocenters. The highest BCUT2D eigenvalue weighted by Gasteiger charge is 2.22. The lowest BCUT2D eigenvalue weighted by Gasteiger charge is -2.28. The normalized spacial score (nSPS) is 12.7. The Hall–Kier alpha value is -1.75. The van der Waals surface area contributed by atoms with Crippen LogP contribution < -0.4 is 10.1 Å². The first-order chi connectivity index (χ1) is 9.30. The molecule has 0 heterocycles. The molecular weight excluding hydrogens is 256 g/mol. The van der Waals surface area contributed by atoms with Gasteiger partial charge in [0, 0.05) is 7.05 Å². The molecule has 0 spiro atoms. The molecule has 0 aliphatic heterocycles. The van der Waals surface area contributed by atoms with Gasteiger partial charge < -0.3 is 19.3 Å². The Morgan fingerprint density at radius 1 is 1.25 bits per heavy atom. The average molecular weight is 281 g/mol. The number of nitrogens with one attached hydrogen (secondary N) is 1. The highest BCUT2D eigenvalue weighted by Crippen LogP contribution is 2.12. The summed E-state index contributed by atoms with van der Waals surface area (Å²) in [6.45, 7) is 3.05. The summed E-state index contributed by atoms with van der Waals surface area (Å²) in [5.41, 5.74) is 1.18. The third kappa shape index (κ3) is 6.43. The molecule has 0 aliphatic rings. The molecule has 0 bridgehead atoms. The second-order valence-electron chi connectivity index (χ2n) is 5.87. The highest BCUT2D eigenvalue weighted by atomic mass is 16.6. The SMILES string of the molecule is CNC(=O)O[C@@H](COc1ccc(C)cc1)C[N+](C)(C)C. The molecular formula is C15H25N2O3+. The first-order valence-electron chi connectivity index (χ1n) is 6.68. The van der Waals surface area contributed by atoms with Crippen molar-refractivity contribution in [1.82, 2.24) is 5.32 Å². The van der Waals surface area contributed by atoms with Gasteiger partial charge in [0.2, 0.25) is 0 Å². The van der Waals surface area contributed by atoms with Crippen molar-refractivity contribution in [2.24, 2.45) is 0 Å². The van der Waals surface area contributed by atoms with Crippen molar-refractivity contribution in [3.63, 3.8) is 0 Å². The Kier molecular flexibility index (Phi) is 5.82. The summed E-state index contributed by atoms with van der Waals surface area (Å²) in [5, 5.41) is 2.46. The number of amides is 1. The zero-order valence-electron chi connectivity index (χ0n) is 13.0. The number of carbonyl (C=O) groups is 1. The van der Waals surface area contributed by atoms with E-state index in [1.807, 2.05) is 52.3 Å². The summed E-state index contributed by atoms with van der Waals surface area (Å²) in [4.78, 5) is 11.4. The Labute approximate surface area is 121 Å². The van der Waals surface area contributed by atoms with Crippen molar-refractivity contribution >= 4 is 6.09 Å². The van der Waals surface area contributed by atoms with Crippen molar-refractivity contribution in [3.8, 4) is 5.75 Å². The fourth-order valence-corrected chi connectivity index (χ4v) is 1.77. The van der Waals surface area contributed by atoms with E-state index in [0.717, 1.165) is 5.75 Å². The third-order valence-electron chi connectivity index (χ3n) is 2.69. The lowest BCUT2D eigenvalue weighted by Crippen LogP contribution is -2.46. The quantitative estimate of drug-likeness (QED) is 0.809. The summed E-state index contributed by atoms with van der Waals surface area (Å²) < 4.78 is 11.7. The molecule has 0 aromatic heterocycles. The Morgan fingerprint density at radius 3 is 2.35 bits per heavy atom. The van der Waals surface area contributed by atoms with Gasteiger partial charge in [0.25, 0.3) is 0 Å². The number of carbonyl (C=O) groups excluding carboxylic acids is 1. The van der Waals surface area contributed by atoms with Crippen molar-refractivity contribution in [3.05, 3.63) is 29.8 Å². The van der Waals surface area contributed by atoms with Gasteiger partial charge in [-0.25, -0.2) is 4.79 Å². The van der Waals surface area contributed by atoms with Crippen LogP contribution >= 0.6 is 0 Å². The van der Waals surface area contributed by atoms with Crippen LogP contribution in [0.15, 0.2) is 24.3 Å². The molecule has 0 radical (unpaired) electrons. The lowest BCUT2D eigenvalue weighted by molar-refractivity contribution is -0.873. The molecule has 0 aliphatic carbocycles. The minimum atomic E-state index is -0.434. The molecule has 0 saturated heterocycles. The number of ether oxygens (including phenoxy) is 2. The summed E-state index contributed by atoms with van der Waals surface area (Å²) >= 11 is 0. The molecule has 1 aromatic carbocycles. The van der Waals surface area contributed by atoms with Crippen molar-refractivity contribution < 1.29 is 18.8 Å². The van der Waals surface area contributed by atoms with Gasteiger partial charge in [0.05, 0.1) is 21.1 Å². The van der Waals surface area contributed by atoms with Crippen LogP contribution in [0.2, 0.25) is 0 Å². The predicted molar refractivity (Wildman–Crippen MR) is 78.9 cm³/mol. The van der Waals surface area contributed by atoms with E-state index in [-0.39, 0.29) is 6.10 Å². The summed E-state index contributed by atoms with van der Waals surface area (Å²) in [5.74, 6) is 0.780. The fourth-order valence-electron chi connectivity index (χ4n) is 1.77. The van der Waals surface area contributed by atoms with Crippen molar-refractivity contribution in [2.75, 3.05) is 41.3 Å². The minimum Gasteiger partial charge on any atom is -0.489 e. The molecule has 1 rings (SSSR count). The maximum atomic E-state index is 11.4. The number of likely N-dealkylation sites (N-methyl/N-ethyl adjacent to an activating group) is 1. The molecule has 5 heteroatoms. The van der Waals surface area contributed by atoms with Gasteiger partial charge in [-0.2, -0.15) is 0 Å². The second kappa shape index (κ2) is 7.14. The first kappa shape index (κ1) is 16.3. The summed E-state index contributed by atoms with van der Waals surface area (Å²) in [6.07, 6.45) is -0.729. The van der Waals surface area contributed by atoms with Gasteiger partial charge in [-0.1, -0.05) is 17.7 Å². The first-order valence-corrected chi connectivity index (χ1v) is 6.68. The standard InChI is InChI=1S/C15H24N2O3/c1-12-6-8-13(9-7-12)19-11-14(10-17(3,4)5)20-15(18)16-2/h6-9,14H,10-11H2,1-5H3/p+1/t14-/m1/s1. The zero-order valence-corrected chi connectivity index (χ0v) is 13.0. The predicted octanol–water partition coefficient (Wildman–Crippen LogP) is 1.80. The Balaban J connectivity index is 2.59. The van der Waals surface area contributed by atoms with Crippen LogP contribution in [0.1, 0.15) is 5.56 Å². The second-order valence-corrected chi connectivity index (χ2v) is 5.87. The topological polar surface area (TPSA) is 47.6 Å². The highest BCUT2D eigenvalue weighted by molar-refractivity contribution is 5.66. The lowest BCUT2D eigenvalue weighted by atomic mass is 10.2. The van der Waals surface area contributed by atoms with E-state index < -0.39 is 6.09 Å². The van der Waals surface area contributed by atoms with Crippen molar-refractivity contribution in [1.29, 1.82) is 0 Å². The molecule has 5 nitrogen and oxygen atoms in total. The number of hydrogen-bond donors (Lipinski definition) is 1. The van der Waals surface area contributed by atoms with E-state index in [9.17, 15) is 4.79 Å². The zero-order chi connectivity index (χ0) is 15.2. The smallest absolute Gasteiger partial charge is 0.407 e. The number of rotatable bonds is 6. The summed E-state index contributed by atoms with van der Waals surface area (Å²) in [7, 11) is 7.69. The molecule has 0 fully saturated rings. The molecule has 1 amide bonds. The molecule has 0 saturated carbocycles. The molecule has 1 N–H and O–H groups in total. The van der Waals surface area contributed by atoms with Crippen LogP contribution in [0, 0.1) is 6.92 Å². The molecule has 112 valence electrons. The minimum absolute atomic E-state index is 0.295. The number of quaternary nitrogens is 1. The van der Waals surface area contributed by atoms with Crippen LogP contribution in [-0.4, -0.2) is 58.0 Å². The third-order valence-corrected chi connectivity index (χ3v) is 2.69. The van der Waals surface area contributed by atoms with E-state index in [0.29, 0.717) is 17.6 Å². The maximum absolute atomic E-state index is 11.4. The monoisotopic (exact) mass is 281 g/mol. The van der Waals surface area contributed by atoms with Gasteiger partial charge >= 0.3 is 6.09 Å². The molecule has 20 heavy (non-hydrogen) atoms. The van der Waals surface area contributed by atoms with Crippen LogP contribution in [0.4, 0.5) is 4.79 Å². The van der Waals surface area contributed by atoms with E-state index in [1.165, 1.54) is 5.56 Å². The number of benzene rings is 1. The Morgan fingerprint density at radius 2 is 1.85 bits per heavy atom. The fraction of sp³-hybridized carbons (Fsp3) is 0.533. The van der Waals surface area contributed by atoms with Gasteiger partial charge in [0.1, 0.15) is 18.9 Å².